The Labute approximate surface area is 72.6 Å². The molecule has 0 fully saturated rings. The highest BCUT2D eigenvalue weighted by atomic mass is 16.3. The van der Waals surface area contributed by atoms with Crippen molar-refractivity contribution in [2.75, 3.05) is 6.54 Å². The van der Waals surface area contributed by atoms with Gasteiger partial charge in [-0.05, 0) is 12.5 Å². The van der Waals surface area contributed by atoms with Gasteiger partial charge in [0.15, 0.2) is 0 Å². The van der Waals surface area contributed by atoms with Crippen molar-refractivity contribution in [3.05, 3.63) is 35.9 Å². The van der Waals surface area contributed by atoms with Crippen LogP contribution in [0.15, 0.2) is 35.3 Å². The molecule has 0 saturated heterocycles. The van der Waals surface area contributed by atoms with E-state index in [-0.39, 0.29) is 6.10 Å². The molecule has 1 aromatic carbocycles. The van der Waals surface area contributed by atoms with Gasteiger partial charge in [-0.1, -0.05) is 30.3 Å². The summed E-state index contributed by atoms with van der Waals surface area (Å²) in [7, 11) is 0. The van der Waals surface area contributed by atoms with Crippen LogP contribution in [0.3, 0.4) is 0 Å². The van der Waals surface area contributed by atoms with Gasteiger partial charge in [-0.25, -0.2) is 0 Å². The summed E-state index contributed by atoms with van der Waals surface area (Å²) in [6.45, 7) is 2.19. The Hall–Kier alpha value is -1.15. The highest BCUT2D eigenvalue weighted by Gasteiger charge is 1.89. The number of nitrogens with zero attached hydrogens (tertiary/aromatic N) is 1. The molecule has 1 rings (SSSR count). The molecule has 1 atom stereocenters. The molecule has 0 aliphatic rings. The molecule has 64 valence electrons. The second-order valence-electron chi connectivity index (χ2n) is 2.75. The zero-order valence-corrected chi connectivity index (χ0v) is 7.14. The molecule has 0 aromatic heterocycles. The van der Waals surface area contributed by atoms with E-state index in [0.717, 1.165) is 5.56 Å². The van der Waals surface area contributed by atoms with Gasteiger partial charge < -0.3 is 5.11 Å². The number of aliphatic imine (C=N–C) groups is 1. The molecule has 1 aromatic rings. The highest BCUT2D eigenvalue weighted by Crippen LogP contribution is 1.94. The molecule has 1 N–H and O–H groups in total. The Bertz CT molecular complexity index is 241. The minimum Gasteiger partial charge on any atom is -0.391 e. The molecule has 0 spiro atoms. The summed E-state index contributed by atoms with van der Waals surface area (Å²) < 4.78 is 0. The lowest BCUT2D eigenvalue weighted by atomic mass is 10.2. The predicted molar refractivity (Wildman–Crippen MR) is 50.6 cm³/mol. The maximum atomic E-state index is 8.92. The van der Waals surface area contributed by atoms with Gasteiger partial charge >= 0.3 is 0 Å². The zero-order chi connectivity index (χ0) is 8.81. The first-order chi connectivity index (χ1) is 5.79. The van der Waals surface area contributed by atoms with Crippen LogP contribution < -0.4 is 0 Å². The van der Waals surface area contributed by atoms with E-state index >= 15 is 0 Å². The molecule has 0 heterocycles. The average molecular weight is 163 g/mol. The van der Waals surface area contributed by atoms with Crippen LogP contribution in [0.4, 0.5) is 0 Å². The second-order valence-corrected chi connectivity index (χ2v) is 2.75. The van der Waals surface area contributed by atoms with E-state index in [0.29, 0.717) is 6.54 Å². The molecule has 0 bridgehead atoms. The smallest absolute Gasteiger partial charge is 0.0707 e. The van der Waals surface area contributed by atoms with Crippen LogP contribution in [0.25, 0.3) is 0 Å². The van der Waals surface area contributed by atoms with Crippen LogP contribution in [0.5, 0.6) is 0 Å². The molecule has 12 heavy (non-hydrogen) atoms. The average Bonchev–Trinajstić information content (AvgIpc) is 2.05. The summed E-state index contributed by atoms with van der Waals surface area (Å²) in [6.07, 6.45) is 1.41. The van der Waals surface area contributed by atoms with Crippen LogP contribution in [-0.2, 0) is 0 Å². The quantitative estimate of drug-likeness (QED) is 0.673. The maximum Gasteiger partial charge on any atom is 0.0707 e. The summed E-state index contributed by atoms with van der Waals surface area (Å²) >= 11 is 0. The van der Waals surface area contributed by atoms with Crippen LogP contribution in [0.1, 0.15) is 12.5 Å². The van der Waals surface area contributed by atoms with Gasteiger partial charge in [0.25, 0.3) is 0 Å². The van der Waals surface area contributed by atoms with Crippen LogP contribution >= 0.6 is 0 Å². The standard InChI is InChI=1S/C10H13NO/c1-9(12)7-11-8-10-5-3-2-4-6-10/h2-6,8-9,12H,7H2,1H3/b11-8+. The van der Waals surface area contributed by atoms with Crippen LogP contribution in [-0.4, -0.2) is 24.0 Å². The third-order valence-corrected chi connectivity index (χ3v) is 1.41. The van der Waals surface area contributed by atoms with E-state index < -0.39 is 0 Å². The number of aliphatic hydroxyl groups is 1. The topological polar surface area (TPSA) is 32.6 Å². The maximum absolute atomic E-state index is 8.92. The second kappa shape index (κ2) is 4.67. The summed E-state index contributed by atoms with van der Waals surface area (Å²) in [5.41, 5.74) is 1.07. The van der Waals surface area contributed by atoms with Gasteiger partial charge in [0.05, 0.1) is 12.6 Å². The van der Waals surface area contributed by atoms with Crippen molar-refractivity contribution in [3.8, 4) is 0 Å². The number of aliphatic hydroxyl groups excluding tert-OH is 1. The zero-order valence-electron chi connectivity index (χ0n) is 7.14. The summed E-state index contributed by atoms with van der Waals surface area (Å²) in [6, 6.07) is 9.84. The summed E-state index contributed by atoms with van der Waals surface area (Å²) in [4.78, 5) is 4.07. The Morgan fingerprint density at radius 2 is 2.08 bits per heavy atom. The van der Waals surface area contributed by atoms with Crippen molar-refractivity contribution < 1.29 is 5.11 Å². The van der Waals surface area contributed by atoms with Crippen LogP contribution in [0.2, 0.25) is 0 Å². The Morgan fingerprint density at radius 3 is 2.67 bits per heavy atom. The Morgan fingerprint density at radius 1 is 1.42 bits per heavy atom. The molecular weight excluding hydrogens is 150 g/mol. The monoisotopic (exact) mass is 163 g/mol. The fraction of sp³-hybridized carbons (Fsp3) is 0.300. The Kier molecular flexibility index (Phi) is 3.48. The lowest BCUT2D eigenvalue weighted by Gasteiger charge is -1.96. The number of rotatable bonds is 3. The molecule has 0 saturated carbocycles. The van der Waals surface area contributed by atoms with Crippen LogP contribution in [0, 0.1) is 0 Å². The molecule has 0 radical (unpaired) electrons. The van der Waals surface area contributed by atoms with E-state index in [1.165, 1.54) is 0 Å². The van der Waals surface area contributed by atoms with E-state index in [2.05, 4.69) is 4.99 Å². The highest BCUT2D eigenvalue weighted by molar-refractivity contribution is 5.79. The number of hydrogen-bond donors (Lipinski definition) is 1. The van der Waals surface area contributed by atoms with E-state index in [1.54, 1.807) is 13.1 Å². The molecule has 0 amide bonds. The third kappa shape index (κ3) is 3.30. The third-order valence-electron chi connectivity index (χ3n) is 1.41. The number of benzene rings is 1. The van der Waals surface area contributed by atoms with Gasteiger partial charge in [0.1, 0.15) is 0 Å². The molecule has 2 heteroatoms. The first kappa shape index (κ1) is 8.94. The van der Waals surface area contributed by atoms with E-state index in [1.807, 2.05) is 30.3 Å². The normalized spacial score (nSPS) is 13.5. The fourth-order valence-electron chi connectivity index (χ4n) is 0.850. The number of hydrogen-bond acceptors (Lipinski definition) is 2. The molecule has 0 aliphatic heterocycles. The van der Waals surface area contributed by atoms with Crippen molar-refractivity contribution in [1.82, 2.24) is 0 Å². The van der Waals surface area contributed by atoms with Gasteiger partial charge in [-0.2, -0.15) is 0 Å². The lowest BCUT2D eigenvalue weighted by Crippen LogP contribution is -2.03. The van der Waals surface area contributed by atoms with Crippen molar-refractivity contribution in [3.63, 3.8) is 0 Å². The van der Waals surface area contributed by atoms with Gasteiger partial charge in [0.2, 0.25) is 0 Å². The largest absolute Gasteiger partial charge is 0.391 e. The van der Waals surface area contributed by atoms with Gasteiger partial charge in [0, 0.05) is 6.21 Å². The van der Waals surface area contributed by atoms with Crippen molar-refractivity contribution >= 4 is 6.21 Å². The summed E-state index contributed by atoms with van der Waals surface area (Å²) in [5.74, 6) is 0. The van der Waals surface area contributed by atoms with E-state index in [9.17, 15) is 0 Å². The van der Waals surface area contributed by atoms with Crippen molar-refractivity contribution in [2.45, 2.75) is 13.0 Å². The SMILES string of the molecule is CC(O)C/N=C/c1ccccc1. The van der Waals surface area contributed by atoms with Crippen molar-refractivity contribution in [2.24, 2.45) is 4.99 Å². The molecule has 2 nitrogen and oxygen atoms in total. The van der Waals surface area contributed by atoms with Gasteiger partial charge in [-0.15, -0.1) is 0 Å². The van der Waals surface area contributed by atoms with E-state index in [4.69, 9.17) is 5.11 Å². The first-order valence-corrected chi connectivity index (χ1v) is 4.02. The van der Waals surface area contributed by atoms with Crippen molar-refractivity contribution in [1.29, 1.82) is 0 Å². The molecule has 0 aliphatic carbocycles. The first-order valence-electron chi connectivity index (χ1n) is 4.02. The minimum atomic E-state index is -0.357. The lowest BCUT2D eigenvalue weighted by molar-refractivity contribution is 0.204. The minimum absolute atomic E-state index is 0.357. The molecular formula is C10H13NO. The predicted octanol–water partition coefficient (Wildman–Crippen LogP) is 1.49. The Balaban J connectivity index is 2.47. The fourth-order valence-corrected chi connectivity index (χ4v) is 0.850. The molecule has 1 unspecified atom stereocenters. The van der Waals surface area contributed by atoms with Gasteiger partial charge in [-0.3, -0.25) is 4.99 Å². The summed E-state index contributed by atoms with van der Waals surface area (Å²) in [5, 5.41) is 8.92.